The second-order valence-electron chi connectivity index (χ2n) is 4.32. The average molecular weight is 206 g/mol. The molecule has 0 amide bonds. The number of hydrogen-bond acceptors (Lipinski definition) is 2. The van der Waals surface area contributed by atoms with Crippen molar-refractivity contribution in [2.75, 3.05) is 7.05 Å². The van der Waals surface area contributed by atoms with Gasteiger partial charge in [0.05, 0.1) is 0 Å². The summed E-state index contributed by atoms with van der Waals surface area (Å²) in [6, 6.07) is 2.58. The fraction of sp³-hybridized carbons (Fsp3) is 0.615. The molecule has 2 unspecified atom stereocenters. The number of nitrogens with zero attached hydrogens (tertiary/aromatic N) is 1. The van der Waals surface area contributed by atoms with Gasteiger partial charge in [-0.2, -0.15) is 0 Å². The summed E-state index contributed by atoms with van der Waals surface area (Å²) >= 11 is 0. The zero-order chi connectivity index (χ0) is 11.3. The van der Waals surface area contributed by atoms with Crippen molar-refractivity contribution in [3.8, 4) is 0 Å². The van der Waals surface area contributed by atoms with Crippen LogP contribution in [-0.4, -0.2) is 12.0 Å². The first kappa shape index (κ1) is 12.2. The minimum absolute atomic E-state index is 0.461. The monoisotopic (exact) mass is 206 g/mol. The smallest absolute Gasteiger partial charge is 0.0323 e. The molecule has 2 atom stereocenters. The summed E-state index contributed by atoms with van der Waals surface area (Å²) in [6.45, 7) is 6.68. The van der Waals surface area contributed by atoms with Crippen LogP contribution in [-0.2, 0) is 0 Å². The fourth-order valence-corrected chi connectivity index (χ4v) is 1.84. The molecule has 1 N–H and O–H groups in total. The van der Waals surface area contributed by atoms with Gasteiger partial charge in [-0.05, 0) is 43.5 Å². The Morgan fingerprint density at radius 2 is 2.20 bits per heavy atom. The first-order chi connectivity index (χ1) is 7.19. The molecule has 0 aliphatic heterocycles. The van der Waals surface area contributed by atoms with Crippen molar-refractivity contribution in [2.45, 2.75) is 39.7 Å². The predicted octanol–water partition coefficient (Wildman–Crippen LogP) is 3.09. The summed E-state index contributed by atoms with van der Waals surface area (Å²) in [6.07, 6.45) is 6.25. The minimum Gasteiger partial charge on any atom is -0.313 e. The Kier molecular flexibility index (Phi) is 4.76. The molecule has 0 bridgehead atoms. The molecule has 0 saturated carbocycles. The van der Waals surface area contributed by atoms with E-state index in [4.69, 9.17) is 0 Å². The molecule has 2 nitrogen and oxygen atoms in total. The lowest BCUT2D eigenvalue weighted by atomic mass is 9.93. The Hall–Kier alpha value is -0.890. The van der Waals surface area contributed by atoms with E-state index in [1.165, 1.54) is 24.0 Å². The van der Waals surface area contributed by atoms with E-state index in [0.29, 0.717) is 6.04 Å². The van der Waals surface area contributed by atoms with Gasteiger partial charge in [0.25, 0.3) is 0 Å². The maximum Gasteiger partial charge on any atom is 0.0323 e. The van der Waals surface area contributed by atoms with E-state index in [1.807, 2.05) is 19.4 Å². The fourth-order valence-electron chi connectivity index (χ4n) is 1.84. The summed E-state index contributed by atoms with van der Waals surface area (Å²) in [4.78, 5) is 4.13. The molecule has 1 aromatic rings. The van der Waals surface area contributed by atoms with E-state index >= 15 is 0 Å². The second kappa shape index (κ2) is 5.86. The second-order valence-corrected chi connectivity index (χ2v) is 4.32. The van der Waals surface area contributed by atoms with Crippen LogP contribution in [0.1, 0.15) is 43.9 Å². The van der Waals surface area contributed by atoms with E-state index in [0.717, 1.165) is 5.92 Å². The third-order valence-electron chi connectivity index (χ3n) is 3.12. The predicted molar refractivity (Wildman–Crippen MR) is 64.8 cm³/mol. The molecular weight excluding hydrogens is 184 g/mol. The molecule has 1 rings (SSSR count). The molecule has 0 aliphatic carbocycles. The average Bonchev–Trinajstić information content (AvgIpc) is 2.26. The first-order valence-electron chi connectivity index (χ1n) is 5.76. The summed E-state index contributed by atoms with van der Waals surface area (Å²) in [5.41, 5.74) is 2.66. The van der Waals surface area contributed by atoms with Gasteiger partial charge >= 0.3 is 0 Å². The van der Waals surface area contributed by atoms with Crippen LogP contribution in [0.25, 0.3) is 0 Å². The van der Waals surface area contributed by atoms with Crippen LogP contribution in [0.2, 0.25) is 0 Å². The van der Waals surface area contributed by atoms with Gasteiger partial charge in [0.1, 0.15) is 0 Å². The SMILES string of the molecule is CCC(C)CC(NC)c1ccncc1C. The van der Waals surface area contributed by atoms with Crippen molar-refractivity contribution in [1.82, 2.24) is 10.3 Å². The lowest BCUT2D eigenvalue weighted by Gasteiger charge is -2.21. The normalized spacial score (nSPS) is 14.9. The summed E-state index contributed by atoms with van der Waals surface area (Å²) in [5, 5.41) is 3.40. The molecule has 1 aromatic heterocycles. The summed E-state index contributed by atoms with van der Waals surface area (Å²) < 4.78 is 0. The van der Waals surface area contributed by atoms with Crippen LogP contribution >= 0.6 is 0 Å². The zero-order valence-electron chi connectivity index (χ0n) is 10.2. The molecule has 0 saturated heterocycles. The highest BCUT2D eigenvalue weighted by Gasteiger charge is 2.14. The van der Waals surface area contributed by atoms with Gasteiger partial charge in [0, 0.05) is 18.4 Å². The Morgan fingerprint density at radius 3 is 2.73 bits per heavy atom. The van der Waals surface area contributed by atoms with Gasteiger partial charge in [-0.1, -0.05) is 20.3 Å². The molecule has 0 spiro atoms. The largest absolute Gasteiger partial charge is 0.313 e. The van der Waals surface area contributed by atoms with Crippen molar-refractivity contribution in [3.63, 3.8) is 0 Å². The van der Waals surface area contributed by atoms with Crippen LogP contribution in [0.5, 0.6) is 0 Å². The van der Waals surface area contributed by atoms with E-state index in [1.54, 1.807) is 0 Å². The van der Waals surface area contributed by atoms with E-state index in [9.17, 15) is 0 Å². The van der Waals surface area contributed by atoms with Crippen molar-refractivity contribution in [2.24, 2.45) is 5.92 Å². The molecule has 0 radical (unpaired) electrons. The maximum absolute atomic E-state index is 4.13. The Morgan fingerprint density at radius 1 is 1.47 bits per heavy atom. The molecular formula is C13H22N2. The Balaban J connectivity index is 2.78. The van der Waals surface area contributed by atoms with Crippen LogP contribution in [0.15, 0.2) is 18.5 Å². The lowest BCUT2D eigenvalue weighted by Crippen LogP contribution is -2.19. The molecule has 0 fully saturated rings. The highest BCUT2D eigenvalue weighted by atomic mass is 14.9. The van der Waals surface area contributed by atoms with E-state index in [-0.39, 0.29) is 0 Å². The third kappa shape index (κ3) is 3.31. The maximum atomic E-state index is 4.13. The number of pyridine rings is 1. The van der Waals surface area contributed by atoms with Gasteiger partial charge in [0.2, 0.25) is 0 Å². The molecule has 1 heterocycles. The molecule has 15 heavy (non-hydrogen) atoms. The third-order valence-corrected chi connectivity index (χ3v) is 3.12. The standard InChI is InChI=1S/C13H22N2/c1-5-10(2)8-13(14-4)12-6-7-15-9-11(12)3/h6-7,9-10,13-14H,5,8H2,1-4H3. The molecule has 0 aromatic carbocycles. The summed E-state index contributed by atoms with van der Waals surface area (Å²) in [7, 11) is 2.03. The van der Waals surface area contributed by atoms with Crippen molar-refractivity contribution < 1.29 is 0 Å². The molecule has 2 heteroatoms. The highest BCUT2D eigenvalue weighted by molar-refractivity contribution is 5.25. The highest BCUT2D eigenvalue weighted by Crippen LogP contribution is 2.24. The van der Waals surface area contributed by atoms with E-state index < -0.39 is 0 Å². The van der Waals surface area contributed by atoms with Crippen LogP contribution in [0.3, 0.4) is 0 Å². The van der Waals surface area contributed by atoms with Crippen LogP contribution < -0.4 is 5.32 Å². The molecule has 84 valence electrons. The first-order valence-corrected chi connectivity index (χ1v) is 5.76. The Labute approximate surface area is 93.1 Å². The quantitative estimate of drug-likeness (QED) is 0.800. The van der Waals surface area contributed by atoms with Gasteiger partial charge in [-0.3, -0.25) is 4.98 Å². The van der Waals surface area contributed by atoms with Crippen molar-refractivity contribution in [1.29, 1.82) is 0 Å². The number of aromatic nitrogens is 1. The topological polar surface area (TPSA) is 24.9 Å². The summed E-state index contributed by atoms with van der Waals surface area (Å²) in [5.74, 6) is 0.759. The number of hydrogen-bond donors (Lipinski definition) is 1. The minimum atomic E-state index is 0.461. The number of aryl methyl sites for hydroxylation is 1. The van der Waals surface area contributed by atoms with Crippen LogP contribution in [0.4, 0.5) is 0 Å². The van der Waals surface area contributed by atoms with Crippen molar-refractivity contribution >= 4 is 0 Å². The lowest BCUT2D eigenvalue weighted by molar-refractivity contribution is 0.420. The van der Waals surface area contributed by atoms with Crippen LogP contribution in [0, 0.1) is 12.8 Å². The van der Waals surface area contributed by atoms with E-state index in [2.05, 4.69) is 37.1 Å². The van der Waals surface area contributed by atoms with Gasteiger partial charge < -0.3 is 5.32 Å². The zero-order valence-corrected chi connectivity index (χ0v) is 10.2. The van der Waals surface area contributed by atoms with Crippen molar-refractivity contribution in [3.05, 3.63) is 29.6 Å². The number of nitrogens with one attached hydrogen (secondary N) is 1. The van der Waals surface area contributed by atoms with Gasteiger partial charge in [0.15, 0.2) is 0 Å². The number of rotatable bonds is 5. The molecule has 0 aliphatic rings. The Bertz CT molecular complexity index is 296. The van der Waals surface area contributed by atoms with Gasteiger partial charge in [-0.15, -0.1) is 0 Å². The van der Waals surface area contributed by atoms with Gasteiger partial charge in [-0.25, -0.2) is 0 Å².